The number of nitrogens with zero attached hydrogens (tertiary/aromatic N) is 3. The maximum absolute atomic E-state index is 2.83. The molecule has 0 radical (unpaired) electrons. The van der Waals surface area contributed by atoms with Gasteiger partial charge < -0.3 is 0 Å². The number of aromatic nitrogens is 3. The average Bonchev–Trinajstić information content (AvgIpc) is 3.91. The molecule has 0 atom stereocenters. The second-order valence-electron chi connectivity index (χ2n) is 23.2. The van der Waals surface area contributed by atoms with Gasteiger partial charge in [-0.25, -0.2) is 0 Å². The van der Waals surface area contributed by atoms with Crippen molar-refractivity contribution in [3.8, 4) is 5.69 Å². The largest absolute Gasteiger partial charge is 0.292 e. The Balaban J connectivity index is 1.44. The number of rotatable bonds is 2. The highest BCUT2D eigenvalue weighted by Crippen LogP contribution is 2.50. The van der Waals surface area contributed by atoms with E-state index in [0.717, 1.165) is 0 Å². The summed E-state index contributed by atoms with van der Waals surface area (Å²) >= 11 is 0. The molecule has 0 bridgehead atoms. The topological polar surface area (TPSA) is 13.8 Å². The molecule has 0 saturated carbocycles. The first kappa shape index (κ1) is 37.8. The van der Waals surface area contributed by atoms with E-state index in [0.29, 0.717) is 0 Å². The Hall–Kier alpha value is -5.67. The lowest BCUT2D eigenvalue weighted by atomic mass is 9.30. The number of fused-ring (bicyclic) bond motifs is 4. The molecule has 2 aliphatic rings. The molecule has 5 aromatic heterocycles. The van der Waals surface area contributed by atoms with Gasteiger partial charge in [0.05, 0.1) is 22.1 Å². The van der Waals surface area contributed by atoms with Crippen molar-refractivity contribution in [3.05, 3.63) is 123 Å². The van der Waals surface area contributed by atoms with E-state index in [1.165, 1.54) is 154 Å². The van der Waals surface area contributed by atoms with Crippen LogP contribution in [0.25, 0.3) is 71.4 Å². The summed E-state index contributed by atoms with van der Waals surface area (Å²) in [6.07, 6.45) is 0. The van der Waals surface area contributed by atoms with E-state index < -0.39 is 0 Å². The minimum atomic E-state index is -0.0748. The molecule has 0 fully saturated rings. The third-order valence-corrected chi connectivity index (χ3v) is 16.4. The second kappa shape index (κ2) is 11.3. The molecule has 7 heterocycles. The van der Waals surface area contributed by atoms with Gasteiger partial charge in [-0.2, -0.15) is 0 Å². The quantitative estimate of drug-likeness (QED) is 0.154. The van der Waals surface area contributed by atoms with Gasteiger partial charge in [-0.1, -0.05) is 144 Å². The highest BCUT2D eigenvalue weighted by molar-refractivity contribution is 7.03. The molecule has 0 aliphatic carbocycles. The van der Waals surface area contributed by atoms with Crippen molar-refractivity contribution in [2.75, 3.05) is 0 Å². The molecule has 2 aliphatic heterocycles. The van der Waals surface area contributed by atoms with Crippen LogP contribution in [0.1, 0.15) is 112 Å². The highest BCUT2D eigenvalue weighted by atomic mass is 15.2. The summed E-state index contributed by atoms with van der Waals surface area (Å²) in [6.45, 7) is 36.0. The van der Waals surface area contributed by atoms with Crippen LogP contribution in [0.2, 0.25) is 0 Å². The van der Waals surface area contributed by atoms with Crippen molar-refractivity contribution in [2.45, 2.75) is 120 Å². The summed E-state index contributed by atoms with van der Waals surface area (Å²) in [5.41, 5.74) is 30.6. The maximum atomic E-state index is 2.83. The monoisotopic (exact) mass is 817 g/mol. The van der Waals surface area contributed by atoms with Crippen LogP contribution in [-0.4, -0.2) is 26.8 Å². The summed E-state index contributed by atoms with van der Waals surface area (Å²) < 4.78 is 8.40. The average molecular weight is 818 g/mol. The van der Waals surface area contributed by atoms with Crippen molar-refractivity contribution in [3.63, 3.8) is 0 Å². The molecule has 11 aromatic rings. The van der Waals surface area contributed by atoms with E-state index in [-0.39, 0.29) is 29.7 Å². The van der Waals surface area contributed by atoms with Crippen LogP contribution in [0.4, 0.5) is 0 Å². The molecule has 310 valence electrons. The van der Waals surface area contributed by atoms with Gasteiger partial charge in [-0.05, 0) is 142 Å². The predicted molar refractivity (Wildman–Crippen MR) is 275 cm³/mol. The molecule has 0 unspecified atom stereocenters. The fourth-order valence-electron chi connectivity index (χ4n) is 13.2. The number of aryl methyl sites for hydroxylation is 6. The number of hydrogen-bond acceptors (Lipinski definition) is 0. The van der Waals surface area contributed by atoms with E-state index in [1.807, 2.05) is 0 Å². The van der Waals surface area contributed by atoms with Crippen LogP contribution in [0, 0.1) is 41.5 Å². The van der Waals surface area contributed by atoms with Crippen molar-refractivity contribution in [1.82, 2.24) is 13.4 Å². The van der Waals surface area contributed by atoms with Crippen molar-refractivity contribution >= 4 is 112 Å². The van der Waals surface area contributed by atoms with E-state index in [2.05, 4.69) is 190 Å². The smallest absolute Gasteiger partial charge is 0.250 e. The summed E-state index contributed by atoms with van der Waals surface area (Å²) in [4.78, 5) is 0. The summed E-state index contributed by atoms with van der Waals surface area (Å²) in [7, 11) is 0. The van der Waals surface area contributed by atoms with E-state index in [1.54, 1.807) is 0 Å². The van der Waals surface area contributed by atoms with Crippen LogP contribution >= 0.6 is 0 Å². The molecule has 0 amide bonds. The molecule has 3 nitrogen and oxygen atoms in total. The summed E-state index contributed by atoms with van der Waals surface area (Å²) in [5.74, 6) is 0. The van der Waals surface area contributed by atoms with Gasteiger partial charge in [0.2, 0.25) is 13.4 Å². The zero-order chi connectivity index (χ0) is 44.0. The fraction of sp³-hybridized carbons (Fsp3) is 0.310. The standard InChI is InChI=1S/C58H57B2N3/c1-28-18-16-19-29(2)45(28)59-41-26-36(58(13,14)15)27-42-51(41)63-54-47(59)39-24-34(56(7,8)9)22-37-43-32(5)33(6)44-38-23-35(57(10,11)12)25-40-48(60(42)46-30(3)20-17-21-31(46)4)55(63)62(50(38)40)53(44)52(43)61(54)49(37)39/h16-27H,1-15H3. The lowest BCUT2D eigenvalue weighted by Crippen LogP contribution is -2.64. The Morgan fingerprint density at radius 2 is 0.730 bits per heavy atom. The van der Waals surface area contributed by atoms with Gasteiger partial charge >= 0.3 is 0 Å². The predicted octanol–water partition coefficient (Wildman–Crippen LogP) is 10.5. The van der Waals surface area contributed by atoms with Crippen LogP contribution in [0.15, 0.2) is 72.8 Å². The molecule has 63 heavy (non-hydrogen) atoms. The van der Waals surface area contributed by atoms with Gasteiger partial charge in [-0.15, -0.1) is 0 Å². The third-order valence-electron chi connectivity index (χ3n) is 16.4. The number of benzene rings is 6. The first-order valence-electron chi connectivity index (χ1n) is 23.4. The Kier molecular flexibility index (Phi) is 6.81. The van der Waals surface area contributed by atoms with Crippen LogP contribution in [0.5, 0.6) is 0 Å². The Bertz CT molecular complexity index is 3580. The van der Waals surface area contributed by atoms with E-state index in [4.69, 9.17) is 0 Å². The lowest BCUT2D eigenvalue weighted by Gasteiger charge is -2.37. The van der Waals surface area contributed by atoms with Crippen LogP contribution in [-0.2, 0) is 16.2 Å². The molecule has 0 N–H and O–H groups in total. The number of hydrogen-bond donors (Lipinski definition) is 0. The molecular formula is C58H57B2N3. The fourth-order valence-corrected chi connectivity index (χ4v) is 13.2. The summed E-state index contributed by atoms with van der Waals surface area (Å²) in [6, 6.07) is 29.6. The molecule has 6 aromatic carbocycles. The second-order valence-corrected chi connectivity index (χ2v) is 23.2. The van der Waals surface area contributed by atoms with Crippen LogP contribution < -0.4 is 32.8 Å². The minimum Gasteiger partial charge on any atom is -0.292 e. The molecule has 0 spiro atoms. The van der Waals surface area contributed by atoms with Gasteiger partial charge in [0.15, 0.2) is 0 Å². The molecule has 5 heteroatoms. The Morgan fingerprint density at radius 1 is 0.397 bits per heavy atom. The first-order valence-corrected chi connectivity index (χ1v) is 23.4. The van der Waals surface area contributed by atoms with E-state index in [9.17, 15) is 0 Å². The SMILES string of the molecule is Cc1cccc(C)c1B1c2cc(C(C)(C)C)cc3c2-n2c4c1c1cc(C(C)(C)C)cc5c6c(C)c(C)c7c8cc(C(C)(C)C)cc9c(c2n(c98)c7c6n4c15)B3c1c(C)cccc1C. The van der Waals surface area contributed by atoms with Gasteiger partial charge in [0.25, 0.3) is 0 Å². The van der Waals surface area contributed by atoms with Crippen LogP contribution in [0.3, 0.4) is 0 Å². The normalized spacial score (nSPS) is 14.5. The van der Waals surface area contributed by atoms with Gasteiger partial charge in [-0.3, -0.25) is 13.4 Å². The van der Waals surface area contributed by atoms with Gasteiger partial charge in [0, 0.05) is 27.2 Å². The highest BCUT2D eigenvalue weighted by Gasteiger charge is 2.48. The lowest BCUT2D eigenvalue weighted by molar-refractivity contribution is 0.591. The van der Waals surface area contributed by atoms with Crippen molar-refractivity contribution in [2.24, 2.45) is 0 Å². The first-order chi connectivity index (χ1) is 29.7. The molecule has 0 saturated heterocycles. The zero-order valence-corrected chi connectivity index (χ0v) is 39.9. The Labute approximate surface area is 372 Å². The molecule has 13 rings (SSSR count). The third kappa shape index (κ3) is 4.31. The summed E-state index contributed by atoms with van der Waals surface area (Å²) in [5, 5.41) is 8.45. The van der Waals surface area contributed by atoms with Crippen molar-refractivity contribution < 1.29 is 0 Å². The van der Waals surface area contributed by atoms with Crippen molar-refractivity contribution in [1.29, 1.82) is 0 Å². The van der Waals surface area contributed by atoms with Gasteiger partial charge in [0.1, 0.15) is 11.3 Å². The maximum Gasteiger partial charge on any atom is 0.250 e. The molecular weight excluding hydrogens is 760 g/mol. The van der Waals surface area contributed by atoms with E-state index >= 15 is 0 Å². The Morgan fingerprint density at radius 3 is 1.08 bits per heavy atom. The zero-order valence-electron chi connectivity index (χ0n) is 39.9. The minimum absolute atomic E-state index is 0.0382.